The number of likely N-dealkylation sites (tertiary alicyclic amines) is 1. The number of rotatable bonds is 6. The molecule has 0 aliphatic carbocycles. The number of nitrogens with zero attached hydrogens (tertiary/aromatic N) is 3. The SMILES string of the molecule is COc1ccc(-c2cc(NC(=O)Nc3cccc(CN4CCCCC4)n3)cs2)cn1. The zero-order chi connectivity index (χ0) is 20.8. The van der Waals surface area contributed by atoms with Gasteiger partial charge in [-0.2, -0.15) is 0 Å². The summed E-state index contributed by atoms with van der Waals surface area (Å²) in [6.07, 6.45) is 5.56. The minimum absolute atomic E-state index is 0.310. The molecule has 0 saturated carbocycles. The molecule has 4 rings (SSSR count). The molecule has 156 valence electrons. The summed E-state index contributed by atoms with van der Waals surface area (Å²) in [7, 11) is 1.59. The van der Waals surface area contributed by atoms with Crippen molar-refractivity contribution in [2.24, 2.45) is 0 Å². The Morgan fingerprint density at radius 3 is 2.80 bits per heavy atom. The molecular formula is C22H25N5O2S. The Bertz CT molecular complexity index is 983. The maximum absolute atomic E-state index is 12.4. The summed E-state index contributed by atoms with van der Waals surface area (Å²) in [6.45, 7) is 3.05. The lowest BCUT2D eigenvalue weighted by atomic mass is 10.1. The van der Waals surface area contributed by atoms with Gasteiger partial charge in [0, 0.05) is 34.6 Å². The number of nitrogens with one attached hydrogen (secondary N) is 2. The van der Waals surface area contributed by atoms with Crippen molar-refractivity contribution in [2.45, 2.75) is 25.8 Å². The van der Waals surface area contributed by atoms with Crippen LogP contribution in [-0.2, 0) is 6.54 Å². The number of hydrogen-bond acceptors (Lipinski definition) is 6. The third kappa shape index (κ3) is 5.34. The van der Waals surface area contributed by atoms with Gasteiger partial charge in [-0.05, 0) is 50.2 Å². The second-order valence-electron chi connectivity index (χ2n) is 7.22. The number of carbonyl (C=O) groups excluding carboxylic acids is 1. The number of aromatic nitrogens is 2. The molecule has 8 heteroatoms. The first-order valence-corrected chi connectivity index (χ1v) is 10.9. The first-order chi connectivity index (χ1) is 14.7. The van der Waals surface area contributed by atoms with E-state index in [4.69, 9.17) is 4.74 Å². The minimum Gasteiger partial charge on any atom is -0.481 e. The van der Waals surface area contributed by atoms with Crippen molar-refractivity contribution in [3.05, 3.63) is 53.7 Å². The highest BCUT2D eigenvalue weighted by atomic mass is 32.1. The summed E-state index contributed by atoms with van der Waals surface area (Å²) in [6, 6.07) is 11.1. The summed E-state index contributed by atoms with van der Waals surface area (Å²) in [5, 5.41) is 7.60. The number of urea groups is 1. The largest absolute Gasteiger partial charge is 0.481 e. The Kier molecular flexibility index (Phi) is 6.56. The number of carbonyl (C=O) groups is 1. The third-order valence-electron chi connectivity index (χ3n) is 4.97. The van der Waals surface area contributed by atoms with E-state index in [9.17, 15) is 4.79 Å². The number of anilines is 2. The first-order valence-electron chi connectivity index (χ1n) is 10.0. The average molecular weight is 424 g/mol. The Labute approximate surface area is 180 Å². The predicted molar refractivity (Wildman–Crippen MR) is 120 cm³/mol. The van der Waals surface area contributed by atoms with Gasteiger partial charge >= 0.3 is 6.03 Å². The summed E-state index contributed by atoms with van der Waals surface area (Å²) < 4.78 is 5.09. The van der Waals surface area contributed by atoms with Gasteiger partial charge < -0.3 is 10.1 Å². The van der Waals surface area contributed by atoms with Gasteiger partial charge in [-0.3, -0.25) is 10.2 Å². The number of thiophene rings is 1. The van der Waals surface area contributed by atoms with E-state index in [1.807, 2.05) is 35.7 Å². The van der Waals surface area contributed by atoms with Crippen LogP contribution < -0.4 is 15.4 Å². The van der Waals surface area contributed by atoms with Crippen molar-refractivity contribution < 1.29 is 9.53 Å². The Morgan fingerprint density at radius 2 is 2.03 bits per heavy atom. The highest BCUT2D eigenvalue weighted by molar-refractivity contribution is 7.14. The van der Waals surface area contributed by atoms with Gasteiger partial charge in [0.05, 0.1) is 18.5 Å². The van der Waals surface area contributed by atoms with Crippen LogP contribution in [0.15, 0.2) is 48.0 Å². The molecule has 0 spiro atoms. The fourth-order valence-corrected chi connectivity index (χ4v) is 4.30. The molecule has 1 saturated heterocycles. The summed E-state index contributed by atoms with van der Waals surface area (Å²) >= 11 is 1.54. The highest BCUT2D eigenvalue weighted by Crippen LogP contribution is 2.30. The zero-order valence-electron chi connectivity index (χ0n) is 16.9. The van der Waals surface area contributed by atoms with Gasteiger partial charge in [0.1, 0.15) is 5.82 Å². The molecule has 30 heavy (non-hydrogen) atoms. The van der Waals surface area contributed by atoms with E-state index in [-0.39, 0.29) is 6.03 Å². The average Bonchev–Trinajstić information content (AvgIpc) is 3.23. The molecule has 0 unspecified atom stereocenters. The van der Waals surface area contributed by atoms with Crippen LogP contribution in [0.25, 0.3) is 10.4 Å². The van der Waals surface area contributed by atoms with E-state index >= 15 is 0 Å². The van der Waals surface area contributed by atoms with E-state index in [1.165, 1.54) is 19.3 Å². The van der Waals surface area contributed by atoms with Crippen molar-refractivity contribution in [1.82, 2.24) is 14.9 Å². The second kappa shape index (κ2) is 9.69. The van der Waals surface area contributed by atoms with Crippen LogP contribution in [-0.4, -0.2) is 41.1 Å². The van der Waals surface area contributed by atoms with Crippen LogP contribution in [0.4, 0.5) is 16.3 Å². The highest BCUT2D eigenvalue weighted by Gasteiger charge is 2.12. The van der Waals surface area contributed by atoms with Crippen molar-refractivity contribution in [2.75, 3.05) is 30.8 Å². The molecule has 4 heterocycles. The topological polar surface area (TPSA) is 79.4 Å². The van der Waals surface area contributed by atoms with Gasteiger partial charge in [-0.25, -0.2) is 14.8 Å². The van der Waals surface area contributed by atoms with Gasteiger partial charge in [0.15, 0.2) is 0 Å². The summed E-state index contributed by atoms with van der Waals surface area (Å²) in [5.74, 6) is 1.12. The van der Waals surface area contributed by atoms with Crippen LogP contribution in [0, 0.1) is 0 Å². The molecule has 0 aromatic carbocycles. The molecule has 1 aliphatic heterocycles. The fourth-order valence-electron chi connectivity index (χ4n) is 3.46. The molecule has 3 aromatic heterocycles. The number of pyridine rings is 2. The lowest BCUT2D eigenvalue weighted by Crippen LogP contribution is -2.29. The van der Waals surface area contributed by atoms with Crippen LogP contribution in [0.5, 0.6) is 5.88 Å². The predicted octanol–water partition coefficient (Wildman–Crippen LogP) is 4.84. The quantitative estimate of drug-likeness (QED) is 0.593. The number of amides is 2. The molecule has 0 atom stereocenters. The van der Waals surface area contributed by atoms with Crippen LogP contribution in [0.1, 0.15) is 25.0 Å². The number of hydrogen-bond donors (Lipinski definition) is 2. The number of ether oxygens (including phenoxy) is 1. The monoisotopic (exact) mass is 423 g/mol. The van der Waals surface area contributed by atoms with Gasteiger partial charge in [0.2, 0.25) is 5.88 Å². The Morgan fingerprint density at radius 1 is 1.17 bits per heavy atom. The zero-order valence-corrected chi connectivity index (χ0v) is 17.7. The maximum Gasteiger partial charge on any atom is 0.324 e. The number of methoxy groups -OCH3 is 1. The molecule has 7 nitrogen and oxygen atoms in total. The normalized spacial score (nSPS) is 14.3. The van der Waals surface area contributed by atoms with E-state index in [2.05, 4.69) is 25.5 Å². The van der Waals surface area contributed by atoms with Crippen LogP contribution in [0.3, 0.4) is 0 Å². The van der Waals surface area contributed by atoms with Crippen molar-refractivity contribution in [3.8, 4) is 16.3 Å². The number of piperidine rings is 1. The minimum atomic E-state index is -0.310. The summed E-state index contributed by atoms with van der Waals surface area (Å²) in [4.78, 5) is 24.7. The molecule has 3 aromatic rings. The van der Waals surface area contributed by atoms with Crippen molar-refractivity contribution in [1.29, 1.82) is 0 Å². The van der Waals surface area contributed by atoms with Crippen LogP contribution >= 0.6 is 11.3 Å². The van der Waals surface area contributed by atoms with Gasteiger partial charge in [0.25, 0.3) is 0 Å². The molecule has 1 aliphatic rings. The first kappa shape index (κ1) is 20.3. The second-order valence-corrected chi connectivity index (χ2v) is 8.13. The lowest BCUT2D eigenvalue weighted by molar-refractivity contribution is 0.218. The molecule has 0 radical (unpaired) electrons. The Balaban J connectivity index is 1.34. The maximum atomic E-state index is 12.4. The molecule has 0 bridgehead atoms. The van der Waals surface area contributed by atoms with Crippen LogP contribution in [0.2, 0.25) is 0 Å². The third-order valence-corrected chi connectivity index (χ3v) is 5.95. The molecular weight excluding hydrogens is 398 g/mol. The summed E-state index contributed by atoms with van der Waals surface area (Å²) in [5.41, 5.74) is 2.67. The fraction of sp³-hybridized carbons (Fsp3) is 0.318. The van der Waals surface area contributed by atoms with Crippen molar-refractivity contribution in [3.63, 3.8) is 0 Å². The Hall–Kier alpha value is -2.97. The van der Waals surface area contributed by atoms with Gasteiger partial charge in [-0.1, -0.05) is 12.5 Å². The molecule has 2 N–H and O–H groups in total. The van der Waals surface area contributed by atoms with Crippen molar-refractivity contribution >= 4 is 28.9 Å². The van der Waals surface area contributed by atoms with E-state index in [0.29, 0.717) is 11.7 Å². The molecule has 2 amide bonds. The standard InChI is InChI=1S/C22H25N5O2S/c1-29-21-9-8-16(13-23-21)19-12-18(15-30-19)25-22(28)26-20-7-5-6-17(24-20)14-27-10-3-2-4-11-27/h5-9,12-13,15H,2-4,10-11,14H2,1H3,(H2,24,25,26,28). The lowest BCUT2D eigenvalue weighted by Gasteiger charge is -2.26. The van der Waals surface area contributed by atoms with E-state index in [1.54, 1.807) is 30.7 Å². The van der Waals surface area contributed by atoms with E-state index < -0.39 is 0 Å². The van der Waals surface area contributed by atoms with E-state index in [0.717, 1.165) is 41.5 Å². The van der Waals surface area contributed by atoms with Gasteiger partial charge in [-0.15, -0.1) is 11.3 Å². The smallest absolute Gasteiger partial charge is 0.324 e. The molecule has 1 fully saturated rings.